The molecule has 2 fully saturated rings. The van der Waals surface area contributed by atoms with E-state index in [2.05, 4.69) is 16.9 Å². The monoisotopic (exact) mass is 470 g/mol. The molecule has 0 spiro atoms. The largest absolute Gasteiger partial charge is 0.357 e. The lowest BCUT2D eigenvalue weighted by molar-refractivity contribution is -0.135. The standard InChI is InChI=1S/C25H30N2O3S2/c1-2-20-8-6-11-22(16-20)26(17-24-12-7-14-31-24)18-25(28)27(21-9-4-3-5-10-21)23-13-15-32(29,30)19-23/h1,6-8,11-12,14,16,21,23H,3-5,9-10,13,15,17-19H2. The fraction of sp³-hybridized carbons (Fsp3) is 0.480. The average molecular weight is 471 g/mol. The van der Waals surface area contributed by atoms with E-state index in [1.165, 1.54) is 6.42 Å². The third-order valence-electron chi connectivity index (χ3n) is 6.49. The Balaban J connectivity index is 1.60. The molecule has 1 aromatic heterocycles. The maximum atomic E-state index is 13.8. The van der Waals surface area contributed by atoms with Gasteiger partial charge in [-0.2, -0.15) is 0 Å². The van der Waals surface area contributed by atoms with E-state index in [-0.39, 0.29) is 36.0 Å². The zero-order chi connectivity index (χ0) is 22.6. The van der Waals surface area contributed by atoms with Crippen molar-refractivity contribution in [2.75, 3.05) is 23.0 Å². The van der Waals surface area contributed by atoms with Gasteiger partial charge in [0, 0.05) is 28.2 Å². The number of amides is 1. The number of nitrogens with zero attached hydrogens (tertiary/aromatic N) is 2. The van der Waals surface area contributed by atoms with Gasteiger partial charge in [0.1, 0.15) is 0 Å². The number of hydrogen-bond donors (Lipinski definition) is 0. The molecule has 1 aromatic carbocycles. The van der Waals surface area contributed by atoms with Crippen LogP contribution in [0.4, 0.5) is 5.69 Å². The van der Waals surface area contributed by atoms with Gasteiger partial charge in [-0.3, -0.25) is 4.79 Å². The molecule has 1 aliphatic carbocycles. The molecule has 1 saturated heterocycles. The van der Waals surface area contributed by atoms with Crippen molar-refractivity contribution in [3.63, 3.8) is 0 Å². The molecule has 1 unspecified atom stereocenters. The predicted molar refractivity (Wildman–Crippen MR) is 131 cm³/mol. The molecule has 7 heteroatoms. The Hall–Kier alpha value is -2.30. The van der Waals surface area contributed by atoms with Crippen LogP contribution < -0.4 is 4.90 Å². The molecule has 1 atom stereocenters. The highest BCUT2D eigenvalue weighted by atomic mass is 32.2. The van der Waals surface area contributed by atoms with Gasteiger partial charge in [-0.05, 0) is 48.9 Å². The van der Waals surface area contributed by atoms with Crippen molar-refractivity contribution >= 4 is 32.8 Å². The van der Waals surface area contributed by atoms with Crippen molar-refractivity contribution in [3.8, 4) is 12.3 Å². The van der Waals surface area contributed by atoms with E-state index in [9.17, 15) is 13.2 Å². The molecular formula is C25H30N2O3S2. The molecule has 0 N–H and O–H groups in total. The zero-order valence-electron chi connectivity index (χ0n) is 18.3. The molecule has 2 aromatic rings. The molecule has 5 nitrogen and oxygen atoms in total. The van der Waals surface area contributed by atoms with Gasteiger partial charge in [0.25, 0.3) is 0 Å². The fourth-order valence-electron chi connectivity index (χ4n) is 4.93. The fourth-order valence-corrected chi connectivity index (χ4v) is 7.36. The Kier molecular flexibility index (Phi) is 7.22. The number of benzene rings is 1. The van der Waals surface area contributed by atoms with Crippen LogP contribution in [0.1, 0.15) is 49.0 Å². The lowest BCUT2D eigenvalue weighted by atomic mass is 9.92. The third kappa shape index (κ3) is 5.54. The van der Waals surface area contributed by atoms with E-state index < -0.39 is 9.84 Å². The summed E-state index contributed by atoms with van der Waals surface area (Å²) < 4.78 is 24.4. The predicted octanol–water partition coefficient (Wildman–Crippen LogP) is 4.08. The molecule has 32 heavy (non-hydrogen) atoms. The number of carbonyl (C=O) groups excluding carboxylic acids is 1. The van der Waals surface area contributed by atoms with Crippen LogP contribution in [0.25, 0.3) is 0 Å². The number of rotatable bonds is 7. The van der Waals surface area contributed by atoms with E-state index >= 15 is 0 Å². The minimum absolute atomic E-state index is 0.0154. The molecule has 1 aliphatic heterocycles. The number of hydrogen-bond acceptors (Lipinski definition) is 5. The Morgan fingerprint density at radius 2 is 1.91 bits per heavy atom. The minimum Gasteiger partial charge on any atom is -0.357 e. The maximum Gasteiger partial charge on any atom is 0.242 e. The van der Waals surface area contributed by atoms with E-state index in [0.29, 0.717) is 13.0 Å². The first kappa shape index (κ1) is 22.9. The molecule has 2 heterocycles. The molecule has 2 aliphatic rings. The molecule has 1 amide bonds. The summed E-state index contributed by atoms with van der Waals surface area (Å²) in [4.78, 5) is 18.9. The lowest BCUT2D eigenvalue weighted by Crippen LogP contribution is -2.52. The Labute approximate surface area is 195 Å². The van der Waals surface area contributed by atoms with E-state index in [1.54, 1.807) is 11.3 Å². The van der Waals surface area contributed by atoms with Gasteiger partial charge in [-0.1, -0.05) is 37.3 Å². The molecule has 0 radical (unpaired) electrons. The van der Waals surface area contributed by atoms with Gasteiger partial charge < -0.3 is 9.80 Å². The minimum atomic E-state index is -3.07. The second-order valence-corrected chi connectivity index (χ2v) is 12.0. The molecular weight excluding hydrogens is 440 g/mol. The normalized spacial score (nSPS) is 20.5. The van der Waals surface area contributed by atoms with Gasteiger partial charge in [-0.25, -0.2) is 8.42 Å². The highest BCUT2D eigenvalue weighted by molar-refractivity contribution is 7.91. The van der Waals surface area contributed by atoms with Crippen LogP contribution >= 0.6 is 11.3 Å². The zero-order valence-corrected chi connectivity index (χ0v) is 19.9. The second kappa shape index (κ2) is 10.1. The Morgan fingerprint density at radius 3 is 2.56 bits per heavy atom. The van der Waals surface area contributed by atoms with Crippen LogP contribution in [0.5, 0.6) is 0 Å². The van der Waals surface area contributed by atoms with Gasteiger partial charge in [-0.15, -0.1) is 17.8 Å². The van der Waals surface area contributed by atoms with Crippen LogP contribution in [0.15, 0.2) is 41.8 Å². The Bertz CT molecular complexity index is 1070. The molecule has 1 saturated carbocycles. The van der Waals surface area contributed by atoms with Gasteiger partial charge in [0.05, 0.1) is 24.6 Å². The first-order chi connectivity index (χ1) is 15.4. The van der Waals surface area contributed by atoms with Crippen LogP contribution in [0.3, 0.4) is 0 Å². The summed E-state index contributed by atoms with van der Waals surface area (Å²) in [5.74, 6) is 2.96. The molecule has 170 valence electrons. The topological polar surface area (TPSA) is 57.7 Å². The van der Waals surface area contributed by atoms with Crippen molar-refractivity contribution in [1.29, 1.82) is 0 Å². The summed E-state index contributed by atoms with van der Waals surface area (Å²) in [7, 11) is -3.07. The average Bonchev–Trinajstić information content (AvgIpc) is 3.43. The summed E-state index contributed by atoms with van der Waals surface area (Å²) in [5.41, 5.74) is 1.68. The number of anilines is 1. The van der Waals surface area contributed by atoms with Gasteiger partial charge in [0.15, 0.2) is 9.84 Å². The summed E-state index contributed by atoms with van der Waals surface area (Å²) in [6.07, 6.45) is 11.4. The number of sulfone groups is 1. The van der Waals surface area contributed by atoms with Crippen molar-refractivity contribution < 1.29 is 13.2 Å². The highest BCUT2D eigenvalue weighted by Gasteiger charge is 2.38. The quantitative estimate of drug-likeness (QED) is 0.572. The first-order valence-electron chi connectivity index (χ1n) is 11.3. The SMILES string of the molecule is C#Cc1cccc(N(CC(=O)N(C2CCCCC2)C2CCS(=O)(=O)C2)Cc2cccs2)c1. The van der Waals surface area contributed by atoms with E-state index in [1.807, 2.05) is 40.6 Å². The summed E-state index contributed by atoms with van der Waals surface area (Å²) in [6.45, 7) is 0.817. The van der Waals surface area contributed by atoms with E-state index in [0.717, 1.165) is 41.8 Å². The van der Waals surface area contributed by atoms with Gasteiger partial charge in [0.2, 0.25) is 5.91 Å². The summed E-state index contributed by atoms with van der Waals surface area (Å²) >= 11 is 1.66. The van der Waals surface area contributed by atoms with E-state index in [4.69, 9.17) is 6.42 Å². The van der Waals surface area contributed by atoms with Crippen LogP contribution in [-0.2, 0) is 21.2 Å². The number of terminal acetylenes is 1. The number of carbonyl (C=O) groups is 1. The number of thiophene rings is 1. The molecule has 4 rings (SSSR count). The van der Waals surface area contributed by atoms with Crippen LogP contribution in [0, 0.1) is 12.3 Å². The van der Waals surface area contributed by atoms with Gasteiger partial charge >= 0.3 is 0 Å². The lowest BCUT2D eigenvalue weighted by Gasteiger charge is -2.39. The van der Waals surface area contributed by atoms with Crippen molar-refractivity contribution in [1.82, 2.24) is 4.90 Å². The molecule has 0 bridgehead atoms. The summed E-state index contributed by atoms with van der Waals surface area (Å²) in [5, 5.41) is 2.03. The third-order valence-corrected chi connectivity index (χ3v) is 9.10. The highest BCUT2D eigenvalue weighted by Crippen LogP contribution is 2.29. The van der Waals surface area contributed by atoms with Crippen LogP contribution in [0.2, 0.25) is 0 Å². The van der Waals surface area contributed by atoms with Crippen molar-refractivity contribution in [2.45, 2.75) is 57.2 Å². The Morgan fingerprint density at radius 1 is 1.09 bits per heavy atom. The first-order valence-corrected chi connectivity index (χ1v) is 14.0. The summed E-state index contributed by atoms with van der Waals surface area (Å²) in [6, 6.07) is 11.7. The van der Waals surface area contributed by atoms with Crippen LogP contribution in [-0.4, -0.2) is 49.4 Å². The smallest absolute Gasteiger partial charge is 0.242 e. The maximum absolute atomic E-state index is 13.8. The van der Waals surface area contributed by atoms with Crippen molar-refractivity contribution in [2.24, 2.45) is 0 Å². The van der Waals surface area contributed by atoms with Crippen molar-refractivity contribution in [3.05, 3.63) is 52.2 Å². The second-order valence-electron chi connectivity index (χ2n) is 8.78.